The molecule has 3 aromatic rings. The van der Waals surface area contributed by atoms with Crippen LogP contribution in [-0.4, -0.2) is 21.6 Å². The minimum absolute atomic E-state index is 0.351. The Hall–Kier alpha value is -2.67. The highest BCUT2D eigenvalue weighted by atomic mass is 32.1. The molecule has 0 aliphatic carbocycles. The summed E-state index contributed by atoms with van der Waals surface area (Å²) in [6.45, 7) is 6.61. The molecule has 0 spiro atoms. The quantitative estimate of drug-likeness (QED) is 0.648. The first kappa shape index (κ1) is 19.1. The van der Waals surface area contributed by atoms with E-state index in [1.54, 1.807) is 18.3 Å². The Morgan fingerprint density at radius 2 is 2.00 bits per heavy atom. The van der Waals surface area contributed by atoms with Gasteiger partial charge in [0.05, 0.1) is 17.5 Å². The van der Waals surface area contributed by atoms with E-state index in [9.17, 15) is 9.59 Å². The number of hydrogen-bond donors (Lipinski definition) is 1. The second kappa shape index (κ2) is 7.92. The standard InChI is InChI=1S/C20H23N3O3S/c1-4-5-13-26-15-10-8-14(9-11-15)20(2,3)22-19(25)23-18(24)16-7-6-12-21-17(16)27-23/h6-12H,4-5,13H2,1-3H3,(H,22,25). The van der Waals surface area contributed by atoms with E-state index in [1.807, 2.05) is 38.1 Å². The third kappa shape index (κ3) is 4.19. The summed E-state index contributed by atoms with van der Waals surface area (Å²) in [5, 5.41) is 3.38. The van der Waals surface area contributed by atoms with E-state index < -0.39 is 11.6 Å². The number of hydrogen-bond acceptors (Lipinski definition) is 5. The van der Waals surface area contributed by atoms with Gasteiger partial charge in [-0.25, -0.2) is 9.78 Å². The Morgan fingerprint density at radius 3 is 2.67 bits per heavy atom. The maximum Gasteiger partial charge on any atom is 0.338 e. The first-order valence-corrected chi connectivity index (χ1v) is 9.72. The number of unbranched alkanes of at least 4 members (excludes halogenated alkanes) is 1. The van der Waals surface area contributed by atoms with E-state index in [0.717, 1.165) is 39.6 Å². The molecular weight excluding hydrogens is 362 g/mol. The molecule has 0 aliphatic rings. The number of ether oxygens (including phenoxy) is 1. The molecule has 2 heterocycles. The smallest absolute Gasteiger partial charge is 0.338 e. The van der Waals surface area contributed by atoms with Crippen LogP contribution in [0.4, 0.5) is 4.79 Å². The summed E-state index contributed by atoms with van der Waals surface area (Å²) in [6, 6.07) is 10.5. The van der Waals surface area contributed by atoms with Crippen LogP contribution in [0, 0.1) is 0 Å². The van der Waals surface area contributed by atoms with Crippen LogP contribution in [0.5, 0.6) is 5.75 Å². The predicted octanol–water partition coefficient (Wildman–Crippen LogP) is 4.13. The van der Waals surface area contributed by atoms with Gasteiger partial charge in [0.15, 0.2) is 0 Å². The summed E-state index contributed by atoms with van der Waals surface area (Å²) in [5.41, 5.74) is -0.0794. The molecule has 0 radical (unpaired) electrons. The zero-order valence-corrected chi connectivity index (χ0v) is 16.5. The third-order valence-corrected chi connectivity index (χ3v) is 5.32. The van der Waals surface area contributed by atoms with Crippen molar-refractivity contribution >= 4 is 27.8 Å². The molecule has 7 heteroatoms. The van der Waals surface area contributed by atoms with Gasteiger partial charge in [-0.05, 0) is 61.6 Å². The van der Waals surface area contributed by atoms with Crippen LogP contribution in [0.25, 0.3) is 10.2 Å². The second-order valence-corrected chi connectivity index (χ2v) is 7.76. The van der Waals surface area contributed by atoms with E-state index in [2.05, 4.69) is 17.2 Å². The maximum atomic E-state index is 12.7. The molecule has 1 amide bonds. The average Bonchev–Trinajstić information content (AvgIpc) is 2.99. The van der Waals surface area contributed by atoms with Crippen molar-refractivity contribution in [1.29, 1.82) is 0 Å². The van der Waals surface area contributed by atoms with Crippen molar-refractivity contribution < 1.29 is 9.53 Å². The minimum atomic E-state index is -0.651. The van der Waals surface area contributed by atoms with E-state index in [0.29, 0.717) is 16.8 Å². The highest BCUT2D eigenvalue weighted by molar-refractivity contribution is 7.14. The summed E-state index contributed by atoms with van der Waals surface area (Å²) in [6.07, 6.45) is 3.71. The molecule has 0 saturated carbocycles. The SMILES string of the molecule is CCCCOc1ccc(C(C)(C)NC(=O)n2sc3ncccc3c2=O)cc1. The van der Waals surface area contributed by atoms with Crippen molar-refractivity contribution in [2.45, 2.75) is 39.2 Å². The Morgan fingerprint density at radius 1 is 1.26 bits per heavy atom. The molecule has 0 aliphatic heterocycles. The van der Waals surface area contributed by atoms with Gasteiger partial charge in [-0.15, -0.1) is 0 Å². The molecule has 0 bridgehead atoms. The van der Waals surface area contributed by atoms with Gasteiger partial charge in [-0.3, -0.25) is 4.79 Å². The van der Waals surface area contributed by atoms with Gasteiger partial charge in [0, 0.05) is 6.20 Å². The lowest BCUT2D eigenvalue weighted by atomic mass is 9.94. The molecule has 0 atom stereocenters. The molecule has 2 aromatic heterocycles. The lowest BCUT2D eigenvalue weighted by Gasteiger charge is -2.26. The number of pyridine rings is 1. The Bertz CT molecular complexity index is 990. The number of rotatable bonds is 6. The lowest BCUT2D eigenvalue weighted by Crippen LogP contribution is -2.44. The number of nitrogens with one attached hydrogen (secondary N) is 1. The molecule has 142 valence electrons. The zero-order valence-electron chi connectivity index (χ0n) is 15.7. The average molecular weight is 385 g/mol. The minimum Gasteiger partial charge on any atom is -0.494 e. The van der Waals surface area contributed by atoms with Gasteiger partial charge in [-0.2, -0.15) is 3.96 Å². The van der Waals surface area contributed by atoms with Crippen molar-refractivity contribution in [3.8, 4) is 5.75 Å². The van der Waals surface area contributed by atoms with Crippen molar-refractivity contribution in [1.82, 2.24) is 14.3 Å². The molecule has 6 nitrogen and oxygen atoms in total. The monoisotopic (exact) mass is 385 g/mol. The Labute approximate surface area is 162 Å². The summed E-state index contributed by atoms with van der Waals surface area (Å²) < 4.78 is 6.79. The van der Waals surface area contributed by atoms with Crippen molar-refractivity contribution in [2.75, 3.05) is 6.61 Å². The molecule has 0 fully saturated rings. The van der Waals surface area contributed by atoms with Gasteiger partial charge in [-0.1, -0.05) is 25.5 Å². The topological polar surface area (TPSA) is 73.2 Å². The summed E-state index contributed by atoms with van der Waals surface area (Å²) >= 11 is 1.04. The largest absolute Gasteiger partial charge is 0.494 e. The molecule has 27 heavy (non-hydrogen) atoms. The molecule has 0 unspecified atom stereocenters. The molecular formula is C20H23N3O3S. The van der Waals surface area contributed by atoms with Crippen LogP contribution in [-0.2, 0) is 5.54 Å². The number of fused-ring (bicyclic) bond motifs is 1. The molecule has 1 N–H and O–H groups in total. The van der Waals surface area contributed by atoms with Crippen molar-refractivity contribution in [2.24, 2.45) is 0 Å². The van der Waals surface area contributed by atoms with Crippen LogP contribution in [0.3, 0.4) is 0 Å². The van der Waals surface area contributed by atoms with Gasteiger partial charge < -0.3 is 10.1 Å². The van der Waals surface area contributed by atoms with Crippen molar-refractivity contribution in [3.05, 3.63) is 58.5 Å². The molecule has 1 aromatic carbocycles. The van der Waals surface area contributed by atoms with Crippen LogP contribution < -0.4 is 15.6 Å². The summed E-state index contributed by atoms with van der Waals surface area (Å²) in [7, 11) is 0. The van der Waals surface area contributed by atoms with E-state index in [-0.39, 0.29) is 5.56 Å². The Kier molecular flexibility index (Phi) is 5.60. The van der Waals surface area contributed by atoms with E-state index in [4.69, 9.17) is 4.74 Å². The number of carbonyl (C=O) groups excluding carboxylic acids is 1. The van der Waals surface area contributed by atoms with Crippen LogP contribution >= 0.6 is 11.5 Å². The van der Waals surface area contributed by atoms with Gasteiger partial charge in [0.1, 0.15) is 10.6 Å². The van der Waals surface area contributed by atoms with Crippen molar-refractivity contribution in [3.63, 3.8) is 0 Å². The van der Waals surface area contributed by atoms with Crippen LogP contribution in [0.15, 0.2) is 47.4 Å². The fourth-order valence-electron chi connectivity index (χ4n) is 2.69. The maximum absolute atomic E-state index is 12.7. The highest BCUT2D eigenvalue weighted by Crippen LogP contribution is 2.23. The summed E-state index contributed by atoms with van der Waals surface area (Å²) in [5.74, 6) is 0.807. The van der Waals surface area contributed by atoms with Gasteiger partial charge in [0.25, 0.3) is 5.56 Å². The number of aromatic nitrogens is 2. The number of benzene rings is 1. The number of carbonyl (C=O) groups is 1. The lowest BCUT2D eigenvalue weighted by molar-refractivity contribution is 0.233. The zero-order chi connectivity index (χ0) is 19.4. The first-order valence-electron chi connectivity index (χ1n) is 8.95. The van der Waals surface area contributed by atoms with Crippen LogP contribution in [0.2, 0.25) is 0 Å². The number of amides is 1. The fraction of sp³-hybridized carbons (Fsp3) is 0.350. The third-order valence-electron chi connectivity index (χ3n) is 4.31. The molecule has 0 saturated heterocycles. The fourth-order valence-corrected chi connectivity index (χ4v) is 3.53. The van der Waals surface area contributed by atoms with E-state index in [1.165, 1.54) is 0 Å². The Balaban J connectivity index is 1.75. The molecule has 3 rings (SSSR count). The highest BCUT2D eigenvalue weighted by Gasteiger charge is 2.25. The second-order valence-electron chi connectivity index (χ2n) is 6.83. The summed E-state index contributed by atoms with van der Waals surface area (Å²) in [4.78, 5) is 29.8. The van der Waals surface area contributed by atoms with Gasteiger partial charge >= 0.3 is 6.03 Å². The van der Waals surface area contributed by atoms with Gasteiger partial charge in [0.2, 0.25) is 0 Å². The first-order chi connectivity index (χ1) is 12.9. The predicted molar refractivity (Wildman–Crippen MR) is 108 cm³/mol. The number of nitrogens with zero attached hydrogens (tertiary/aromatic N) is 2. The van der Waals surface area contributed by atoms with E-state index >= 15 is 0 Å². The van der Waals surface area contributed by atoms with Crippen LogP contribution in [0.1, 0.15) is 39.2 Å². The normalized spacial score (nSPS) is 11.5.